The molecule has 2 aliphatic rings. The van der Waals surface area contributed by atoms with E-state index in [1.54, 1.807) is 12.1 Å². The van der Waals surface area contributed by atoms with Crippen LogP contribution < -0.4 is 0 Å². The lowest BCUT2D eigenvalue weighted by Crippen LogP contribution is -2.34. The summed E-state index contributed by atoms with van der Waals surface area (Å²) in [4.78, 5) is 0.0379. The van der Waals surface area contributed by atoms with E-state index in [9.17, 15) is 13.5 Å². The van der Waals surface area contributed by atoms with Crippen LogP contribution in [-0.2, 0) is 23.8 Å². The van der Waals surface area contributed by atoms with E-state index in [2.05, 4.69) is 0 Å². The van der Waals surface area contributed by atoms with Crippen LogP contribution in [0.2, 0.25) is 0 Å². The van der Waals surface area contributed by atoms with Crippen LogP contribution in [0.4, 0.5) is 0 Å². The second kappa shape index (κ2) is 4.85. The van der Waals surface area contributed by atoms with E-state index in [1.807, 2.05) is 6.92 Å². The maximum atomic E-state index is 12.1. The number of aliphatic hydroxyl groups is 1. The Hall–Kier alpha value is -1.41. The molecule has 1 fully saturated rings. The Balaban J connectivity index is 1.85. The molecule has 108 valence electrons. The molecular weight excluding hydrogens is 284 g/mol. The average molecular weight is 298 g/mol. The first-order valence-corrected chi connectivity index (χ1v) is 7.54. The van der Waals surface area contributed by atoms with Crippen molar-refractivity contribution < 1.29 is 27.2 Å². The second-order valence-electron chi connectivity index (χ2n) is 4.74. The molecule has 1 aromatic rings. The van der Waals surface area contributed by atoms with E-state index < -0.39 is 22.5 Å². The van der Waals surface area contributed by atoms with Crippen LogP contribution in [-0.4, -0.2) is 38.6 Å². The molecule has 3 atom stereocenters. The molecule has 0 aromatic heterocycles. The molecule has 1 aromatic carbocycles. The summed E-state index contributed by atoms with van der Waals surface area (Å²) in [5.41, 5.74) is 0.945. The Morgan fingerprint density at radius 2 is 2.00 bits per heavy atom. The van der Waals surface area contributed by atoms with Crippen molar-refractivity contribution in [3.8, 4) is 0 Å². The molecule has 2 bridgehead atoms. The molecule has 3 rings (SSSR count). The first-order valence-electron chi connectivity index (χ1n) is 6.14. The molecule has 0 spiro atoms. The predicted molar refractivity (Wildman–Crippen MR) is 68.2 cm³/mol. The highest BCUT2D eigenvalue weighted by molar-refractivity contribution is 7.86. The van der Waals surface area contributed by atoms with Crippen LogP contribution in [0.1, 0.15) is 5.56 Å². The third-order valence-electron chi connectivity index (χ3n) is 3.15. The molecule has 2 aliphatic heterocycles. The number of benzene rings is 1. The van der Waals surface area contributed by atoms with Crippen LogP contribution >= 0.6 is 0 Å². The number of hydrogen-bond donors (Lipinski definition) is 1. The molecule has 0 radical (unpaired) electrons. The lowest BCUT2D eigenvalue weighted by atomic mass is 10.2. The Morgan fingerprint density at radius 3 is 2.70 bits per heavy atom. The second-order valence-corrected chi connectivity index (χ2v) is 6.29. The molecule has 0 amide bonds. The van der Waals surface area contributed by atoms with Gasteiger partial charge >= 0.3 is 10.1 Å². The Labute approximate surface area is 116 Å². The van der Waals surface area contributed by atoms with Gasteiger partial charge in [-0.15, -0.1) is 0 Å². The van der Waals surface area contributed by atoms with Crippen molar-refractivity contribution in [1.82, 2.24) is 0 Å². The minimum Gasteiger partial charge on any atom is -0.381 e. The molecule has 6 nitrogen and oxygen atoms in total. The van der Waals surface area contributed by atoms with Gasteiger partial charge in [0.2, 0.25) is 0 Å². The summed E-state index contributed by atoms with van der Waals surface area (Å²) in [6.45, 7) is 2.14. The van der Waals surface area contributed by atoms with E-state index in [0.717, 1.165) is 5.56 Å². The number of aliphatic hydroxyl groups excluding tert-OH is 1. The van der Waals surface area contributed by atoms with Gasteiger partial charge in [-0.05, 0) is 25.1 Å². The van der Waals surface area contributed by atoms with Gasteiger partial charge in [-0.3, -0.25) is 0 Å². The predicted octanol–water partition coefficient (Wildman–Crippen LogP) is 0.700. The van der Waals surface area contributed by atoms with Gasteiger partial charge in [0.1, 0.15) is 11.0 Å². The van der Waals surface area contributed by atoms with Gasteiger partial charge in [0.15, 0.2) is 18.2 Å². The van der Waals surface area contributed by atoms with Crippen LogP contribution in [0.25, 0.3) is 0 Å². The standard InChI is InChI=1S/C13H14O6S/c1-8-2-4-10(5-3-8)20(15,16)19-11-6-9-7-17-13(18-9)12(11)14/h2-6,9,12-14H,7H2,1H3/t9-,12+,13+/m0/s1. The highest BCUT2D eigenvalue weighted by atomic mass is 32.2. The quantitative estimate of drug-likeness (QED) is 0.827. The average Bonchev–Trinajstić information content (AvgIpc) is 2.80. The normalized spacial score (nSPS) is 29.1. The number of ether oxygens (including phenoxy) is 2. The summed E-state index contributed by atoms with van der Waals surface area (Å²) in [6.07, 6.45) is -1.06. The molecule has 7 heteroatoms. The van der Waals surface area contributed by atoms with Gasteiger partial charge in [-0.25, -0.2) is 0 Å². The summed E-state index contributed by atoms with van der Waals surface area (Å²) < 4.78 is 39.7. The van der Waals surface area contributed by atoms with Crippen LogP contribution in [0.5, 0.6) is 0 Å². The SMILES string of the molecule is Cc1ccc(S(=O)(=O)OC2=C[C@H]3CO[C@H](O3)[C@@H]2O)cc1. The minimum atomic E-state index is -3.97. The van der Waals surface area contributed by atoms with Gasteiger partial charge in [-0.2, -0.15) is 8.42 Å². The van der Waals surface area contributed by atoms with E-state index >= 15 is 0 Å². The zero-order chi connectivity index (χ0) is 14.3. The lowest BCUT2D eigenvalue weighted by Gasteiger charge is -2.24. The fourth-order valence-corrected chi connectivity index (χ4v) is 3.04. The van der Waals surface area contributed by atoms with Gasteiger partial charge in [0.25, 0.3) is 0 Å². The third-order valence-corrected chi connectivity index (χ3v) is 4.41. The highest BCUT2D eigenvalue weighted by Crippen LogP contribution is 2.29. The zero-order valence-corrected chi connectivity index (χ0v) is 11.5. The van der Waals surface area contributed by atoms with Gasteiger partial charge in [-0.1, -0.05) is 17.7 Å². The van der Waals surface area contributed by atoms with E-state index in [1.165, 1.54) is 18.2 Å². The van der Waals surface area contributed by atoms with Gasteiger partial charge in [0, 0.05) is 0 Å². The summed E-state index contributed by atoms with van der Waals surface area (Å²) in [5, 5.41) is 9.90. The smallest absolute Gasteiger partial charge is 0.338 e. The van der Waals surface area contributed by atoms with Gasteiger partial charge < -0.3 is 18.8 Å². The van der Waals surface area contributed by atoms with E-state index in [-0.39, 0.29) is 23.4 Å². The van der Waals surface area contributed by atoms with Crippen LogP contribution in [0.3, 0.4) is 0 Å². The Bertz CT molecular complexity index is 633. The lowest BCUT2D eigenvalue weighted by molar-refractivity contribution is -0.129. The summed E-state index contributed by atoms with van der Waals surface area (Å²) in [5.74, 6) is -0.0516. The molecule has 2 heterocycles. The summed E-state index contributed by atoms with van der Waals surface area (Å²) in [6, 6.07) is 6.28. The maximum Gasteiger partial charge on any atom is 0.338 e. The van der Waals surface area contributed by atoms with E-state index in [0.29, 0.717) is 0 Å². The van der Waals surface area contributed by atoms with E-state index in [4.69, 9.17) is 13.7 Å². The fraction of sp³-hybridized carbons (Fsp3) is 0.385. The topological polar surface area (TPSA) is 82.1 Å². The van der Waals surface area contributed by atoms with Crippen molar-refractivity contribution in [3.05, 3.63) is 41.7 Å². The third kappa shape index (κ3) is 2.45. The van der Waals surface area contributed by atoms with Crippen molar-refractivity contribution in [2.24, 2.45) is 0 Å². The largest absolute Gasteiger partial charge is 0.381 e. The monoisotopic (exact) mass is 298 g/mol. The van der Waals surface area contributed by atoms with Crippen molar-refractivity contribution >= 4 is 10.1 Å². The molecule has 0 saturated carbocycles. The molecule has 0 unspecified atom stereocenters. The highest BCUT2D eigenvalue weighted by Gasteiger charge is 2.40. The number of hydrogen-bond acceptors (Lipinski definition) is 6. The van der Waals surface area contributed by atoms with Gasteiger partial charge in [0.05, 0.1) is 6.61 Å². The fourth-order valence-electron chi connectivity index (χ4n) is 2.07. The van der Waals surface area contributed by atoms with Crippen LogP contribution in [0, 0.1) is 6.92 Å². The zero-order valence-electron chi connectivity index (χ0n) is 10.7. The van der Waals surface area contributed by atoms with Crippen molar-refractivity contribution in [2.45, 2.75) is 30.3 Å². The summed E-state index contributed by atoms with van der Waals surface area (Å²) in [7, 11) is -3.97. The molecule has 0 aliphatic carbocycles. The minimum absolute atomic E-state index is 0.0379. The Kier molecular flexibility index (Phi) is 3.29. The van der Waals surface area contributed by atoms with Crippen molar-refractivity contribution in [1.29, 1.82) is 0 Å². The molecule has 20 heavy (non-hydrogen) atoms. The first-order chi connectivity index (χ1) is 9.45. The van der Waals surface area contributed by atoms with Crippen molar-refractivity contribution in [3.63, 3.8) is 0 Å². The molecule has 1 N–H and O–H groups in total. The summed E-state index contributed by atoms with van der Waals surface area (Å²) >= 11 is 0. The Morgan fingerprint density at radius 1 is 1.30 bits per heavy atom. The first kappa shape index (κ1) is 13.6. The van der Waals surface area contributed by atoms with Crippen molar-refractivity contribution in [2.75, 3.05) is 6.61 Å². The molecule has 1 saturated heterocycles. The maximum absolute atomic E-state index is 12.1. The number of aryl methyl sites for hydroxylation is 1. The van der Waals surface area contributed by atoms with Crippen LogP contribution in [0.15, 0.2) is 41.0 Å². The molecular formula is C13H14O6S. The number of rotatable bonds is 3. The number of fused-ring (bicyclic) bond motifs is 2.